The molecule has 1 aromatic rings. The van der Waals surface area contributed by atoms with Gasteiger partial charge in [-0.05, 0) is 12.0 Å². The van der Waals surface area contributed by atoms with Crippen molar-refractivity contribution in [3.63, 3.8) is 0 Å². The largest absolute Gasteiger partial charge is 0.471 e. The minimum atomic E-state index is -4.84. The van der Waals surface area contributed by atoms with E-state index in [0.717, 1.165) is 32.4 Å². The Bertz CT molecular complexity index is 586. The summed E-state index contributed by atoms with van der Waals surface area (Å²) in [5.74, 6) is -1.86. The van der Waals surface area contributed by atoms with Crippen LogP contribution in [-0.2, 0) is 11.3 Å². The molecule has 0 saturated carbocycles. The summed E-state index contributed by atoms with van der Waals surface area (Å²) in [4.78, 5) is 13.4. The number of hydrogen-bond donors (Lipinski definition) is 1. The second kappa shape index (κ2) is 8.52. The number of nitrogens with one attached hydrogen (secondary N) is 1. The number of nitrogens with zero attached hydrogens (tertiary/aromatic N) is 1. The van der Waals surface area contributed by atoms with E-state index in [4.69, 9.17) is 0 Å². The van der Waals surface area contributed by atoms with Gasteiger partial charge in [-0.2, -0.15) is 13.2 Å². The Hall–Kier alpha value is -1.82. The molecule has 3 nitrogen and oxygen atoms in total. The molecule has 138 valence electrons. The van der Waals surface area contributed by atoms with Crippen LogP contribution in [0.3, 0.4) is 0 Å². The predicted molar refractivity (Wildman–Crippen MR) is 91.9 cm³/mol. The van der Waals surface area contributed by atoms with E-state index in [1.807, 2.05) is 42.5 Å². The van der Waals surface area contributed by atoms with Crippen molar-refractivity contribution >= 4 is 5.91 Å². The van der Waals surface area contributed by atoms with Gasteiger partial charge in [0, 0.05) is 31.6 Å². The first-order chi connectivity index (χ1) is 11.8. The molecule has 2 rings (SSSR count). The lowest BCUT2D eigenvalue weighted by atomic mass is 9.79. The number of carbonyl (C=O) groups excluding carboxylic acids is 1. The third-order valence-electron chi connectivity index (χ3n) is 4.51. The van der Waals surface area contributed by atoms with Gasteiger partial charge in [0.25, 0.3) is 0 Å². The van der Waals surface area contributed by atoms with Gasteiger partial charge in [0.2, 0.25) is 0 Å². The molecular formula is C19H25F3N2O. The molecule has 0 saturated heterocycles. The third-order valence-corrected chi connectivity index (χ3v) is 4.51. The predicted octanol–water partition coefficient (Wildman–Crippen LogP) is 3.91. The van der Waals surface area contributed by atoms with Crippen LogP contribution in [0.15, 0.2) is 42.5 Å². The maximum atomic E-state index is 12.5. The molecule has 1 aliphatic rings. The number of hydrogen-bond acceptors (Lipinski definition) is 2. The molecule has 1 heterocycles. The number of benzene rings is 1. The van der Waals surface area contributed by atoms with Gasteiger partial charge in [-0.25, -0.2) is 0 Å². The Morgan fingerprint density at radius 3 is 2.64 bits per heavy atom. The number of alkyl halides is 3. The molecule has 0 fully saturated rings. The fourth-order valence-corrected chi connectivity index (χ4v) is 3.23. The third kappa shape index (κ3) is 5.88. The van der Waals surface area contributed by atoms with Gasteiger partial charge >= 0.3 is 12.1 Å². The Morgan fingerprint density at radius 2 is 2.00 bits per heavy atom. The highest BCUT2D eigenvalue weighted by molar-refractivity contribution is 5.81. The van der Waals surface area contributed by atoms with E-state index in [2.05, 4.69) is 17.1 Å². The molecule has 1 amide bonds. The Morgan fingerprint density at radius 1 is 1.28 bits per heavy atom. The summed E-state index contributed by atoms with van der Waals surface area (Å²) in [5, 5.41) is 2.08. The second-order valence-corrected chi connectivity index (χ2v) is 6.70. The SMILES string of the molecule is CCCCC1(CNC(=O)C(F)(F)F)C=CCN(Cc2ccccc2)C1. The first-order valence-electron chi connectivity index (χ1n) is 8.64. The minimum absolute atomic E-state index is 0.00708. The average molecular weight is 354 g/mol. The number of carbonyl (C=O) groups is 1. The molecule has 6 heteroatoms. The van der Waals surface area contributed by atoms with Crippen LogP contribution in [0.5, 0.6) is 0 Å². The highest BCUT2D eigenvalue weighted by atomic mass is 19.4. The number of halogens is 3. The number of rotatable bonds is 7. The quantitative estimate of drug-likeness (QED) is 0.753. The second-order valence-electron chi connectivity index (χ2n) is 6.70. The van der Waals surface area contributed by atoms with Gasteiger partial charge in [0.1, 0.15) is 0 Å². The highest BCUT2D eigenvalue weighted by Gasteiger charge is 2.40. The van der Waals surface area contributed by atoms with Gasteiger partial charge < -0.3 is 5.32 Å². The van der Waals surface area contributed by atoms with Crippen LogP contribution in [0.1, 0.15) is 31.7 Å². The lowest BCUT2D eigenvalue weighted by Crippen LogP contribution is -2.49. The maximum Gasteiger partial charge on any atom is 0.471 e. The fourth-order valence-electron chi connectivity index (χ4n) is 3.23. The summed E-state index contributed by atoms with van der Waals surface area (Å²) in [6, 6.07) is 9.98. The summed E-state index contributed by atoms with van der Waals surface area (Å²) >= 11 is 0. The van der Waals surface area contributed by atoms with E-state index >= 15 is 0 Å². The first kappa shape index (κ1) is 19.5. The van der Waals surface area contributed by atoms with Crippen LogP contribution in [0.25, 0.3) is 0 Å². The van der Waals surface area contributed by atoms with Crippen molar-refractivity contribution in [2.24, 2.45) is 5.41 Å². The molecule has 0 aromatic heterocycles. The van der Waals surface area contributed by atoms with Gasteiger partial charge in [-0.3, -0.25) is 9.69 Å². The normalized spacial score (nSPS) is 21.3. The molecule has 0 radical (unpaired) electrons. The molecule has 1 unspecified atom stereocenters. The molecule has 1 N–H and O–H groups in total. The molecule has 1 aliphatic heterocycles. The van der Waals surface area contributed by atoms with Crippen molar-refractivity contribution in [3.05, 3.63) is 48.0 Å². The van der Waals surface area contributed by atoms with Crippen molar-refractivity contribution in [1.29, 1.82) is 0 Å². The maximum absolute atomic E-state index is 12.5. The van der Waals surface area contributed by atoms with Crippen LogP contribution in [0, 0.1) is 5.41 Å². The average Bonchev–Trinajstić information content (AvgIpc) is 2.58. The van der Waals surface area contributed by atoms with E-state index < -0.39 is 17.5 Å². The lowest BCUT2D eigenvalue weighted by Gasteiger charge is -2.39. The summed E-state index contributed by atoms with van der Waals surface area (Å²) in [5.41, 5.74) is 0.714. The van der Waals surface area contributed by atoms with Gasteiger partial charge in [-0.1, -0.05) is 62.2 Å². The molecule has 0 aliphatic carbocycles. The summed E-state index contributed by atoms with van der Waals surface area (Å²) in [6.07, 6.45) is 1.77. The fraction of sp³-hybridized carbons (Fsp3) is 0.526. The van der Waals surface area contributed by atoms with E-state index in [1.54, 1.807) is 0 Å². The van der Waals surface area contributed by atoms with Crippen LogP contribution in [0.4, 0.5) is 13.2 Å². The van der Waals surface area contributed by atoms with Gasteiger partial charge in [-0.15, -0.1) is 0 Å². The molecule has 0 bridgehead atoms. The topological polar surface area (TPSA) is 32.3 Å². The van der Waals surface area contributed by atoms with Crippen LogP contribution < -0.4 is 5.32 Å². The van der Waals surface area contributed by atoms with Crippen molar-refractivity contribution in [1.82, 2.24) is 10.2 Å². The molecule has 0 spiro atoms. The van der Waals surface area contributed by atoms with Crippen LogP contribution in [0.2, 0.25) is 0 Å². The van der Waals surface area contributed by atoms with Crippen LogP contribution in [-0.4, -0.2) is 36.6 Å². The smallest absolute Gasteiger partial charge is 0.347 e. The molecule has 1 aromatic carbocycles. The highest BCUT2D eigenvalue weighted by Crippen LogP contribution is 2.31. The van der Waals surface area contributed by atoms with Crippen LogP contribution >= 0.6 is 0 Å². The van der Waals surface area contributed by atoms with E-state index in [0.29, 0.717) is 6.54 Å². The monoisotopic (exact) mass is 354 g/mol. The molecular weight excluding hydrogens is 329 g/mol. The summed E-state index contributed by atoms with van der Waals surface area (Å²) < 4.78 is 37.5. The zero-order chi connectivity index (χ0) is 18.3. The minimum Gasteiger partial charge on any atom is -0.347 e. The first-order valence-corrected chi connectivity index (χ1v) is 8.64. The Kier molecular flexibility index (Phi) is 6.64. The van der Waals surface area contributed by atoms with E-state index in [9.17, 15) is 18.0 Å². The number of amides is 1. The standard InChI is InChI=1S/C19H25F3N2O/c1-2-3-10-18(14-23-17(25)19(20,21)22)11-7-12-24(15-18)13-16-8-5-4-6-9-16/h4-9,11H,2-3,10,12-15H2,1H3,(H,23,25). The molecule has 25 heavy (non-hydrogen) atoms. The zero-order valence-electron chi connectivity index (χ0n) is 14.5. The van der Waals surface area contributed by atoms with Gasteiger partial charge in [0.15, 0.2) is 0 Å². The van der Waals surface area contributed by atoms with Crippen molar-refractivity contribution in [3.8, 4) is 0 Å². The van der Waals surface area contributed by atoms with E-state index in [1.165, 1.54) is 5.56 Å². The number of unbranched alkanes of at least 4 members (excludes halogenated alkanes) is 1. The van der Waals surface area contributed by atoms with Gasteiger partial charge in [0.05, 0.1) is 0 Å². The summed E-state index contributed by atoms with van der Waals surface area (Å²) in [7, 11) is 0. The Balaban J connectivity index is 2.05. The van der Waals surface area contributed by atoms with Crippen molar-refractivity contribution < 1.29 is 18.0 Å². The Labute approximate surface area is 146 Å². The van der Waals surface area contributed by atoms with E-state index in [-0.39, 0.29) is 6.54 Å². The molecule has 1 atom stereocenters. The lowest BCUT2D eigenvalue weighted by molar-refractivity contribution is -0.174. The van der Waals surface area contributed by atoms with Crippen molar-refractivity contribution in [2.75, 3.05) is 19.6 Å². The zero-order valence-corrected chi connectivity index (χ0v) is 14.5. The summed E-state index contributed by atoms with van der Waals surface area (Å²) in [6.45, 7) is 4.20. The van der Waals surface area contributed by atoms with Crippen molar-refractivity contribution in [2.45, 2.75) is 38.9 Å².